The van der Waals surface area contributed by atoms with E-state index < -0.39 is 15.9 Å². The molecule has 7 nitrogen and oxygen atoms in total. The number of amides is 1. The Labute approximate surface area is 180 Å². The summed E-state index contributed by atoms with van der Waals surface area (Å²) in [5, 5.41) is 17.1. The van der Waals surface area contributed by atoms with Gasteiger partial charge in [0.15, 0.2) is 0 Å². The number of ether oxygens (including phenoxy) is 1. The number of rotatable bonds is 7. The Bertz CT molecular complexity index is 1250. The minimum atomic E-state index is -3.83. The molecule has 8 heteroatoms. The average molecular weight is 433 g/mol. The zero-order valence-corrected chi connectivity index (χ0v) is 17.2. The van der Waals surface area contributed by atoms with Gasteiger partial charge in [-0.15, -0.1) is 0 Å². The molecule has 0 aliphatic rings. The van der Waals surface area contributed by atoms with Crippen LogP contribution in [0, 0.1) is 11.3 Å². The molecule has 3 aromatic carbocycles. The van der Waals surface area contributed by atoms with Crippen LogP contribution in [-0.2, 0) is 21.4 Å². The van der Waals surface area contributed by atoms with Crippen molar-refractivity contribution < 1.29 is 17.9 Å². The molecule has 0 aromatic heterocycles. The van der Waals surface area contributed by atoms with Crippen molar-refractivity contribution in [3.8, 4) is 11.8 Å². The predicted molar refractivity (Wildman–Crippen MR) is 117 cm³/mol. The summed E-state index contributed by atoms with van der Waals surface area (Å²) in [7, 11) is -3.83. The Morgan fingerprint density at radius 2 is 1.65 bits per heavy atom. The number of sulfonamides is 1. The zero-order chi connectivity index (χ0) is 22.3. The lowest BCUT2D eigenvalue weighted by Crippen LogP contribution is -2.14. The maximum atomic E-state index is 12.5. The third kappa shape index (κ3) is 6.02. The standard InChI is InChI=1S/C23H19N3O4S/c24-15-19(23(27)26-20-10-12-21(13-11-20)31(25,28)29)14-18-8-4-5-9-22(18)30-16-17-6-2-1-3-7-17/h1-14H,16H2,(H,26,27)(H2,25,28,29)/b19-14+. The van der Waals surface area contributed by atoms with Gasteiger partial charge in [-0.1, -0.05) is 48.5 Å². The first-order chi connectivity index (χ1) is 14.9. The minimum absolute atomic E-state index is 0.0777. The van der Waals surface area contributed by atoms with Crippen molar-refractivity contribution >= 4 is 27.7 Å². The van der Waals surface area contributed by atoms with Crippen molar-refractivity contribution in [2.45, 2.75) is 11.5 Å². The first-order valence-corrected chi connectivity index (χ1v) is 10.7. The monoisotopic (exact) mass is 433 g/mol. The van der Waals surface area contributed by atoms with E-state index in [4.69, 9.17) is 9.88 Å². The molecule has 3 aromatic rings. The number of benzene rings is 3. The number of carbonyl (C=O) groups is 1. The van der Waals surface area contributed by atoms with E-state index >= 15 is 0 Å². The number of nitrogens with one attached hydrogen (secondary N) is 1. The number of anilines is 1. The first kappa shape index (κ1) is 21.8. The van der Waals surface area contributed by atoms with Gasteiger partial charge in [0, 0.05) is 11.3 Å². The molecular formula is C23H19N3O4S. The Balaban J connectivity index is 1.76. The largest absolute Gasteiger partial charge is 0.488 e. The number of primary sulfonamides is 1. The molecule has 0 saturated carbocycles. The van der Waals surface area contributed by atoms with E-state index in [9.17, 15) is 18.5 Å². The van der Waals surface area contributed by atoms with E-state index in [0.29, 0.717) is 23.6 Å². The number of para-hydroxylation sites is 1. The normalized spacial score (nSPS) is 11.4. The predicted octanol–water partition coefficient (Wildman–Crippen LogP) is 3.46. The fourth-order valence-electron chi connectivity index (χ4n) is 2.70. The number of nitrogens with two attached hydrogens (primary N) is 1. The molecule has 0 aliphatic carbocycles. The molecule has 0 saturated heterocycles. The molecular weight excluding hydrogens is 414 g/mol. The molecule has 0 spiro atoms. The highest BCUT2D eigenvalue weighted by molar-refractivity contribution is 7.89. The Morgan fingerprint density at radius 1 is 1.00 bits per heavy atom. The molecule has 0 bridgehead atoms. The lowest BCUT2D eigenvalue weighted by atomic mass is 10.1. The SMILES string of the molecule is N#C/C(=C\c1ccccc1OCc1ccccc1)C(=O)Nc1ccc(S(N)(=O)=O)cc1. The van der Waals surface area contributed by atoms with E-state index in [2.05, 4.69) is 5.32 Å². The summed E-state index contributed by atoms with van der Waals surface area (Å²) in [5.74, 6) is -0.104. The van der Waals surface area contributed by atoms with Crippen LogP contribution >= 0.6 is 0 Å². The summed E-state index contributed by atoms with van der Waals surface area (Å²) in [6.07, 6.45) is 1.44. The summed E-state index contributed by atoms with van der Waals surface area (Å²) >= 11 is 0. The van der Waals surface area contributed by atoms with Crippen molar-refractivity contribution in [1.29, 1.82) is 5.26 Å². The van der Waals surface area contributed by atoms with E-state index in [1.54, 1.807) is 24.3 Å². The minimum Gasteiger partial charge on any atom is -0.488 e. The number of hydrogen-bond acceptors (Lipinski definition) is 5. The number of nitriles is 1. The molecule has 3 N–H and O–H groups in total. The van der Waals surface area contributed by atoms with Gasteiger partial charge < -0.3 is 10.1 Å². The molecule has 0 radical (unpaired) electrons. The summed E-state index contributed by atoms with van der Waals surface area (Å²) in [6.45, 7) is 0.343. The molecule has 0 atom stereocenters. The first-order valence-electron chi connectivity index (χ1n) is 9.18. The van der Waals surface area contributed by atoms with Gasteiger partial charge in [0.05, 0.1) is 4.90 Å². The zero-order valence-electron chi connectivity index (χ0n) is 16.4. The number of carbonyl (C=O) groups excluding carboxylic acids is 1. The maximum absolute atomic E-state index is 12.5. The van der Waals surface area contributed by atoms with Gasteiger partial charge in [0.25, 0.3) is 5.91 Å². The van der Waals surface area contributed by atoms with Crippen molar-refractivity contribution in [1.82, 2.24) is 0 Å². The smallest absolute Gasteiger partial charge is 0.266 e. The molecule has 1 amide bonds. The fraction of sp³-hybridized carbons (Fsp3) is 0.0435. The highest BCUT2D eigenvalue weighted by atomic mass is 32.2. The van der Waals surface area contributed by atoms with Crippen molar-refractivity contribution in [3.05, 3.63) is 95.6 Å². The van der Waals surface area contributed by atoms with E-state index in [1.165, 1.54) is 30.3 Å². The van der Waals surface area contributed by atoms with Crippen molar-refractivity contribution in [2.75, 3.05) is 5.32 Å². The summed E-state index contributed by atoms with van der Waals surface area (Å²) in [4.78, 5) is 12.5. The van der Waals surface area contributed by atoms with Crippen LogP contribution in [0.15, 0.2) is 89.3 Å². The maximum Gasteiger partial charge on any atom is 0.266 e. The van der Waals surface area contributed by atoms with Gasteiger partial charge in [-0.2, -0.15) is 5.26 Å². The second-order valence-electron chi connectivity index (χ2n) is 6.51. The number of hydrogen-bond donors (Lipinski definition) is 2. The third-order valence-electron chi connectivity index (χ3n) is 4.26. The van der Waals surface area contributed by atoms with Crippen LogP contribution < -0.4 is 15.2 Å². The Kier molecular flexibility index (Phi) is 6.82. The van der Waals surface area contributed by atoms with Crippen LogP contribution in [0.25, 0.3) is 6.08 Å². The molecule has 0 fully saturated rings. The second-order valence-corrected chi connectivity index (χ2v) is 8.07. The topological polar surface area (TPSA) is 122 Å². The second kappa shape index (κ2) is 9.71. The van der Waals surface area contributed by atoms with Crippen LogP contribution in [0.5, 0.6) is 5.75 Å². The summed E-state index contributed by atoms with van der Waals surface area (Å²) in [5.41, 5.74) is 1.76. The van der Waals surface area contributed by atoms with Crippen LogP contribution in [0.3, 0.4) is 0 Å². The van der Waals surface area contributed by atoms with Crippen molar-refractivity contribution in [2.24, 2.45) is 5.14 Å². The lowest BCUT2D eigenvalue weighted by molar-refractivity contribution is -0.112. The van der Waals surface area contributed by atoms with E-state index in [1.807, 2.05) is 36.4 Å². The summed E-state index contributed by atoms with van der Waals surface area (Å²) in [6, 6.07) is 23.9. The van der Waals surface area contributed by atoms with Gasteiger partial charge in [-0.3, -0.25) is 4.79 Å². The van der Waals surface area contributed by atoms with E-state index in [0.717, 1.165) is 5.56 Å². The molecule has 156 valence electrons. The average Bonchev–Trinajstić information content (AvgIpc) is 2.77. The Morgan fingerprint density at radius 3 is 2.29 bits per heavy atom. The quantitative estimate of drug-likeness (QED) is 0.436. The van der Waals surface area contributed by atoms with Crippen molar-refractivity contribution in [3.63, 3.8) is 0 Å². The number of nitrogens with zero attached hydrogens (tertiary/aromatic N) is 1. The van der Waals surface area contributed by atoms with Gasteiger partial charge in [0.1, 0.15) is 24.0 Å². The van der Waals surface area contributed by atoms with Crippen LogP contribution in [0.4, 0.5) is 5.69 Å². The van der Waals surface area contributed by atoms with Crippen LogP contribution in [0.1, 0.15) is 11.1 Å². The molecule has 0 heterocycles. The van der Waals surface area contributed by atoms with E-state index in [-0.39, 0.29) is 10.5 Å². The highest BCUT2D eigenvalue weighted by Crippen LogP contribution is 2.23. The molecule has 31 heavy (non-hydrogen) atoms. The molecule has 0 aliphatic heterocycles. The van der Waals surface area contributed by atoms with Gasteiger partial charge >= 0.3 is 0 Å². The van der Waals surface area contributed by atoms with Gasteiger partial charge in [-0.05, 0) is 42.0 Å². The molecule has 3 rings (SSSR count). The molecule has 0 unspecified atom stereocenters. The fourth-order valence-corrected chi connectivity index (χ4v) is 3.21. The third-order valence-corrected chi connectivity index (χ3v) is 5.19. The Hall–Kier alpha value is -3.93. The van der Waals surface area contributed by atoms with Crippen LogP contribution in [-0.4, -0.2) is 14.3 Å². The van der Waals surface area contributed by atoms with Gasteiger partial charge in [0.2, 0.25) is 10.0 Å². The summed E-state index contributed by atoms with van der Waals surface area (Å²) < 4.78 is 28.5. The van der Waals surface area contributed by atoms with Crippen LogP contribution in [0.2, 0.25) is 0 Å². The van der Waals surface area contributed by atoms with Gasteiger partial charge in [-0.25, -0.2) is 13.6 Å². The highest BCUT2D eigenvalue weighted by Gasteiger charge is 2.13. The lowest BCUT2D eigenvalue weighted by Gasteiger charge is -2.10.